The number of hydrogen-bond acceptors (Lipinski definition) is 5. The number of likely N-dealkylation sites (tertiary alicyclic amines) is 1. The maximum atomic E-state index is 11.7. The fourth-order valence-electron chi connectivity index (χ4n) is 1.78. The Kier molecular flexibility index (Phi) is 5.09. The number of carbonyl (C=O) groups excluding carboxylic acids is 1. The van der Waals surface area contributed by atoms with Crippen molar-refractivity contribution in [1.82, 2.24) is 14.9 Å². The van der Waals surface area contributed by atoms with Crippen molar-refractivity contribution in [2.75, 3.05) is 25.9 Å². The summed E-state index contributed by atoms with van der Waals surface area (Å²) in [6.07, 6.45) is 0.122. The summed E-state index contributed by atoms with van der Waals surface area (Å²) in [6, 6.07) is -1.70. The third-order valence-corrected chi connectivity index (χ3v) is 3.32. The molecule has 10 heteroatoms. The number of sulfonamides is 1. The van der Waals surface area contributed by atoms with Crippen molar-refractivity contribution in [3.05, 3.63) is 0 Å². The lowest BCUT2D eigenvalue weighted by Crippen LogP contribution is -2.47. The van der Waals surface area contributed by atoms with Crippen molar-refractivity contribution >= 4 is 22.0 Å². The van der Waals surface area contributed by atoms with Gasteiger partial charge < -0.3 is 20.4 Å². The normalized spacial score (nSPS) is 23.4. The predicted molar refractivity (Wildman–Crippen MR) is 65.0 cm³/mol. The molecule has 0 aromatic carbocycles. The van der Waals surface area contributed by atoms with Crippen molar-refractivity contribution < 1.29 is 28.2 Å². The highest BCUT2D eigenvalue weighted by Gasteiger charge is 2.38. The molecule has 110 valence electrons. The van der Waals surface area contributed by atoms with Gasteiger partial charge >= 0.3 is 12.0 Å². The number of rotatable bonds is 5. The average molecular weight is 295 g/mol. The van der Waals surface area contributed by atoms with Crippen molar-refractivity contribution in [2.24, 2.45) is 0 Å². The number of amides is 2. The molecule has 0 spiro atoms. The molecule has 1 saturated heterocycles. The lowest BCUT2D eigenvalue weighted by atomic mass is 10.2. The number of nitrogens with one attached hydrogen (secondary N) is 2. The standard InChI is InChI=1S/C9H17N3O6S/c1-19(17,18)11-3-2-10-9(16)12-5-6(13)4-7(12)8(14)15/h6-7,11,13H,2-5H2,1H3,(H,10,16)(H,14,15)/t6-,7+/m1/s1. The molecular formula is C9H17N3O6S. The molecule has 2 atom stereocenters. The molecule has 1 aliphatic rings. The number of nitrogens with zero attached hydrogens (tertiary/aromatic N) is 1. The lowest BCUT2D eigenvalue weighted by Gasteiger charge is -2.21. The fraction of sp³-hybridized carbons (Fsp3) is 0.778. The maximum Gasteiger partial charge on any atom is 0.326 e. The third-order valence-electron chi connectivity index (χ3n) is 2.59. The SMILES string of the molecule is CS(=O)(=O)NCCNC(=O)N1C[C@H](O)C[C@H]1C(=O)O. The second-order valence-electron chi connectivity index (χ2n) is 4.29. The number of carboxylic acids is 1. The van der Waals surface area contributed by atoms with Crippen LogP contribution in [0.3, 0.4) is 0 Å². The lowest BCUT2D eigenvalue weighted by molar-refractivity contribution is -0.141. The second kappa shape index (κ2) is 6.17. The smallest absolute Gasteiger partial charge is 0.326 e. The Bertz CT molecular complexity index is 451. The van der Waals surface area contributed by atoms with E-state index in [1.54, 1.807) is 0 Å². The van der Waals surface area contributed by atoms with E-state index in [-0.39, 0.29) is 26.1 Å². The van der Waals surface area contributed by atoms with Gasteiger partial charge in [-0.15, -0.1) is 0 Å². The van der Waals surface area contributed by atoms with Gasteiger partial charge in [-0.3, -0.25) is 0 Å². The van der Waals surface area contributed by atoms with Crippen LogP contribution in [-0.4, -0.2) is 73.6 Å². The molecule has 19 heavy (non-hydrogen) atoms. The van der Waals surface area contributed by atoms with Gasteiger partial charge in [-0.25, -0.2) is 22.7 Å². The van der Waals surface area contributed by atoms with Crippen molar-refractivity contribution in [3.63, 3.8) is 0 Å². The van der Waals surface area contributed by atoms with E-state index in [1.165, 1.54) is 0 Å². The van der Waals surface area contributed by atoms with Gasteiger partial charge in [-0.2, -0.15) is 0 Å². The van der Waals surface area contributed by atoms with E-state index < -0.39 is 34.2 Å². The molecule has 0 bridgehead atoms. The van der Waals surface area contributed by atoms with E-state index in [0.717, 1.165) is 11.2 Å². The minimum absolute atomic E-state index is 0.00958. The highest BCUT2D eigenvalue weighted by molar-refractivity contribution is 7.88. The Morgan fingerprint density at radius 1 is 1.37 bits per heavy atom. The zero-order valence-corrected chi connectivity index (χ0v) is 11.2. The summed E-state index contributed by atoms with van der Waals surface area (Å²) in [5.74, 6) is -1.18. The molecular weight excluding hydrogens is 278 g/mol. The van der Waals surface area contributed by atoms with E-state index >= 15 is 0 Å². The molecule has 0 aliphatic carbocycles. The summed E-state index contributed by atoms with van der Waals surface area (Å²) in [7, 11) is -3.32. The Morgan fingerprint density at radius 3 is 2.53 bits per heavy atom. The molecule has 0 aromatic rings. The van der Waals surface area contributed by atoms with E-state index in [1.807, 2.05) is 0 Å². The summed E-state index contributed by atoms with van der Waals surface area (Å²) in [6.45, 7) is -0.00809. The van der Waals surface area contributed by atoms with Gasteiger partial charge in [0, 0.05) is 26.1 Å². The highest BCUT2D eigenvalue weighted by atomic mass is 32.2. The molecule has 1 rings (SSSR count). The zero-order valence-electron chi connectivity index (χ0n) is 10.4. The first-order valence-corrected chi connectivity index (χ1v) is 7.50. The quantitative estimate of drug-likeness (QED) is 0.424. The van der Waals surface area contributed by atoms with E-state index in [4.69, 9.17) is 5.11 Å². The topological polar surface area (TPSA) is 136 Å². The van der Waals surface area contributed by atoms with Crippen molar-refractivity contribution in [3.8, 4) is 0 Å². The molecule has 0 unspecified atom stereocenters. The Morgan fingerprint density at radius 2 is 2.00 bits per heavy atom. The van der Waals surface area contributed by atoms with Crippen molar-refractivity contribution in [2.45, 2.75) is 18.6 Å². The average Bonchev–Trinajstić information content (AvgIpc) is 2.65. The number of β-amino-alcohol motifs (C(OH)–C–C–N with tert-alkyl or cyclic N) is 1. The van der Waals surface area contributed by atoms with E-state index in [0.29, 0.717) is 0 Å². The first kappa shape index (κ1) is 15.7. The van der Waals surface area contributed by atoms with Gasteiger partial charge in [0.15, 0.2) is 0 Å². The first-order valence-electron chi connectivity index (χ1n) is 5.60. The number of aliphatic carboxylic acids is 1. The van der Waals surface area contributed by atoms with E-state index in [9.17, 15) is 23.1 Å². The van der Waals surface area contributed by atoms with Gasteiger partial charge in [0.25, 0.3) is 0 Å². The zero-order chi connectivity index (χ0) is 14.6. The summed E-state index contributed by atoms with van der Waals surface area (Å²) < 4.78 is 23.7. The van der Waals surface area contributed by atoms with Crippen LogP contribution in [0.2, 0.25) is 0 Å². The summed E-state index contributed by atoms with van der Waals surface area (Å²) in [5, 5.41) is 20.7. The molecule has 0 saturated carbocycles. The van der Waals surface area contributed by atoms with Gasteiger partial charge in [0.2, 0.25) is 10.0 Å². The second-order valence-corrected chi connectivity index (χ2v) is 6.13. The number of aliphatic hydroxyl groups excluding tert-OH is 1. The Hall–Kier alpha value is -1.39. The molecule has 1 fully saturated rings. The predicted octanol–water partition coefficient (Wildman–Crippen LogP) is -2.23. The van der Waals surface area contributed by atoms with Crippen LogP contribution in [0.5, 0.6) is 0 Å². The van der Waals surface area contributed by atoms with Gasteiger partial charge in [0.1, 0.15) is 6.04 Å². The number of hydrogen-bond donors (Lipinski definition) is 4. The fourth-order valence-corrected chi connectivity index (χ4v) is 2.25. The van der Waals surface area contributed by atoms with Gasteiger partial charge in [-0.05, 0) is 0 Å². The van der Waals surface area contributed by atoms with Gasteiger partial charge in [0.05, 0.1) is 12.4 Å². The van der Waals surface area contributed by atoms with Crippen LogP contribution >= 0.6 is 0 Å². The van der Waals surface area contributed by atoms with Gasteiger partial charge in [-0.1, -0.05) is 0 Å². The third kappa shape index (κ3) is 5.01. The molecule has 1 heterocycles. The Balaban J connectivity index is 2.42. The minimum Gasteiger partial charge on any atom is -0.480 e. The summed E-state index contributed by atoms with van der Waals surface area (Å²) >= 11 is 0. The van der Waals surface area contributed by atoms with Crippen LogP contribution in [-0.2, 0) is 14.8 Å². The van der Waals surface area contributed by atoms with Crippen LogP contribution in [0.15, 0.2) is 0 Å². The Labute approximate surface area is 110 Å². The maximum absolute atomic E-state index is 11.7. The largest absolute Gasteiger partial charge is 0.480 e. The molecule has 9 nitrogen and oxygen atoms in total. The number of carbonyl (C=O) groups is 2. The van der Waals surface area contributed by atoms with Crippen LogP contribution < -0.4 is 10.0 Å². The highest BCUT2D eigenvalue weighted by Crippen LogP contribution is 2.17. The number of urea groups is 1. The van der Waals surface area contributed by atoms with Crippen molar-refractivity contribution in [1.29, 1.82) is 0 Å². The summed E-state index contributed by atoms with van der Waals surface area (Å²) in [4.78, 5) is 23.6. The van der Waals surface area contributed by atoms with Crippen LogP contribution in [0.25, 0.3) is 0 Å². The van der Waals surface area contributed by atoms with Crippen LogP contribution in [0.4, 0.5) is 4.79 Å². The van der Waals surface area contributed by atoms with Crippen LogP contribution in [0.1, 0.15) is 6.42 Å². The first-order chi connectivity index (χ1) is 8.70. The molecule has 0 aromatic heterocycles. The molecule has 2 amide bonds. The number of aliphatic hydroxyl groups is 1. The molecule has 1 aliphatic heterocycles. The number of carboxylic acid groups (broad SMARTS) is 1. The summed E-state index contributed by atoms with van der Waals surface area (Å²) in [5.41, 5.74) is 0. The van der Waals surface area contributed by atoms with Crippen LogP contribution in [0, 0.1) is 0 Å². The molecule has 4 N–H and O–H groups in total. The van der Waals surface area contributed by atoms with E-state index in [2.05, 4.69) is 10.0 Å². The minimum atomic E-state index is -3.32. The molecule has 0 radical (unpaired) electrons. The monoisotopic (exact) mass is 295 g/mol.